The highest BCUT2D eigenvalue weighted by Crippen LogP contribution is 2.21. The lowest BCUT2D eigenvalue weighted by Gasteiger charge is -2.21. The number of hydrogen-bond donors (Lipinski definition) is 1. The van der Waals surface area contributed by atoms with E-state index >= 15 is 0 Å². The minimum atomic E-state index is 0.293. The molecule has 2 unspecified atom stereocenters. The normalized spacial score (nSPS) is 29.2. The van der Waals surface area contributed by atoms with Crippen LogP contribution in [0.4, 0.5) is 0 Å². The Labute approximate surface area is 73.0 Å². The summed E-state index contributed by atoms with van der Waals surface area (Å²) in [6.07, 6.45) is 3.45. The van der Waals surface area contributed by atoms with Gasteiger partial charge in [0.15, 0.2) is 0 Å². The Balaban J connectivity index is 2.29. The topological polar surface area (TPSA) is 23.5 Å². The first-order valence-corrected chi connectivity index (χ1v) is 5.44. The van der Waals surface area contributed by atoms with Gasteiger partial charge in [-0.1, -0.05) is 0 Å². The van der Waals surface area contributed by atoms with Crippen LogP contribution in [0.5, 0.6) is 0 Å². The van der Waals surface area contributed by atoms with E-state index in [0.29, 0.717) is 12.6 Å². The summed E-state index contributed by atoms with van der Waals surface area (Å²) >= 11 is 1.94. The molecule has 1 rings (SSSR count). The molecule has 1 fully saturated rings. The van der Waals surface area contributed by atoms with Gasteiger partial charge in [0, 0.05) is 17.8 Å². The molecule has 0 aromatic rings. The van der Waals surface area contributed by atoms with Gasteiger partial charge in [0.05, 0.1) is 6.61 Å². The van der Waals surface area contributed by atoms with Crippen molar-refractivity contribution in [3.05, 3.63) is 0 Å². The molecule has 0 aromatic carbocycles. The summed E-state index contributed by atoms with van der Waals surface area (Å²) in [6, 6.07) is 0.354. The summed E-state index contributed by atoms with van der Waals surface area (Å²) in [5, 5.41) is 9.70. The summed E-state index contributed by atoms with van der Waals surface area (Å²) in [5.74, 6) is 0. The predicted octanol–water partition coefficient (Wildman–Crippen LogP) is 0.804. The average Bonchev–Trinajstić information content (AvgIpc) is 2.50. The van der Waals surface area contributed by atoms with E-state index in [0.717, 1.165) is 18.3 Å². The highest BCUT2D eigenvalue weighted by atomic mass is 32.2. The highest BCUT2D eigenvalue weighted by Gasteiger charge is 2.24. The van der Waals surface area contributed by atoms with Gasteiger partial charge >= 0.3 is 0 Å². The van der Waals surface area contributed by atoms with Gasteiger partial charge in [0.2, 0.25) is 0 Å². The maximum Gasteiger partial charge on any atom is 0.0584 e. The molecule has 2 atom stereocenters. The molecule has 0 spiro atoms. The number of hydrogen-bond acceptors (Lipinski definition) is 3. The van der Waals surface area contributed by atoms with Crippen LogP contribution in [0, 0.1) is 0 Å². The first kappa shape index (κ1) is 9.36. The van der Waals surface area contributed by atoms with Crippen LogP contribution in [-0.4, -0.2) is 47.3 Å². The van der Waals surface area contributed by atoms with Gasteiger partial charge in [-0.25, -0.2) is 0 Å². The third-order valence-electron chi connectivity index (χ3n) is 2.40. The molecule has 1 aliphatic rings. The van der Waals surface area contributed by atoms with Gasteiger partial charge in [0.1, 0.15) is 0 Å². The number of thioether (sulfide) groups is 1. The minimum absolute atomic E-state index is 0.293. The largest absolute Gasteiger partial charge is 0.395 e. The SMILES string of the molecule is CSC1CCN(C(C)CO)C1. The Bertz CT molecular complexity index is 121. The zero-order valence-corrected chi connectivity index (χ0v) is 8.10. The number of aliphatic hydroxyl groups is 1. The van der Waals surface area contributed by atoms with Crippen molar-refractivity contribution in [1.82, 2.24) is 4.90 Å². The summed E-state index contributed by atoms with van der Waals surface area (Å²) < 4.78 is 0. The Morgan fingerprint density at radius 1 is 1.73 bits per heavy atom. The molecule has 0 aromatic heterocycles. The summed E-state index contributed by atoms with van der Waals surface area (Å²) in [7, 11) is 0. The van der Waals surface area contributed by atoms with E-state index in [-0.39, 0.29) is 0 Å². The quantitative estimate of drug-likeness (QED) is 0.686. The molecule has 0 aliphatic carbocycles. The van der Waals surface area contributed by atoms with Crippen LogP contribution in [0.25, 0.3) is 0 Å². The van der Waals surface area contributed by atoms with E-state index in [1.807, 2.05) is 11.8 Å². The van der Waals surface area contributed by atoms with Crippen molar-refractivity contribution in [2.45, 2.75) is 24.6 Å². The van der Waals surface area contributed by atoms with Crippen LogP contribution in [0.2, 0.25) is 0 Å². The Hall–Kier alpha value is 0.270. The molecule has 1 heterocycles. The molecule has 66 valence electrons. The molecule has 1 N–H and O–H groups in total. The van der Waals surface area contributed by atoms with Crippen LogP contribution in [0.1, 0.15) is 13.3 Å². The van der Waals surface area contributed by atoms with Gasteiger partial charge in [-0.15, -0.1) is 0 Å². The van der Waals surface area contributed by atoms with E-state index in [2.05, 4.69) is 18.1 Å². The third-order valence-corrected chi connectivity index (χ3v) is 3.45. The van der Waals surface area contributed by atoms with Crippen LogP contribution < -0.4 is 0 Å². The molecule has 1 saturated heterocycles. The Kier molecular flexibility index (Phi) is 3.69. The summed E-state index contributed by atoms with van der Waals surface area (Å²) in [6.45, 7) is 4.69. The van der Waals surface area contributed by atoms with Crippen LogP contribution >= 0.6 is 11.8 Å². The van der Waals surface area contributed by atoms with Gasteiger partial charge < -0.3 is 5.11 Å². The number of aliphatic hydroxyl groups excluding tert-OH is 1. The fourth-order valence-electron chi connectivity index (χ4n) is 1.46. The molecule has 0 amide bonds. The molecule has 11 heavy (non-hydrogen) atoms. The smallest absolute Gasteiger partial charge is 0.0584 e. The van der Waals surface area contributed by atoms with Gasteiger partial charge in [-0.2, -0.15) is 11.8 Å². The monoisotopic (exact) mass is 175 g/mol. The van der Waals surface area contributed by atoms with E-state index in [9.17, 15) is 0 Å². The Morgan fingerprint density at radius 3 is 2.91 bits per heavy atom. The first-order chi connectivity index (χ1) is 5.27. The fraction of sp³-hybridized carbons (Fsp3) is 1.00. The third kappa shape index (κ3) is 2.36. The van der Waals surface area contributed by atoms with Gasteiger partial charge in [-0.05, 0) is 26.1 Å². The van der Waals surface area contributed by atoms with E-state index in [4.69, 9.17) is 5.11 Å². The van der Waals surface area contributed by atoms with Crippen molar-refractivity contribution in [2.24, 2.45) is 0 Å². The van der Waals surface area contributed by atoms with Crippen LogP contribution in [0.3, 0.4) is 0 Å². The zero-order valence-electron chi connectivity index (χ0n) is 7.29. The van der Waals surface area contributed by atoms with E-state index in [1.54, 1.807) is 0 Å². The predicted molar refractivity (Wildman–Crippen MR) is 50.0 cm³/mol. The highest BCUT2D eigenvalue weighted by molar-refractivity contribution is 7.99. The molecular weight excluding hydrogens is 158 g/mol. The van der Waals surface area contributed by atoms with Crippen molar-refractivity contribution in [2.75, 3.05) is 26.0 Å². The molecule has 2 nitrogen and oxygen atoms in total. The summed E-state index contributed by atoms with van der Waals surface area (Å²) in [5.41, 5.74) is 0. The first-order valence-electron chi connectivity index (χ1n) is 4.15. The molecule has 3 heteroatoms. The summed E-state index contributed by atoms with van der Waals surface area (Å²) in [4.78, 5) is 2.36. The van der Waals surface area contributed by atoms with E-state index in [1.165, 1.54) is 6.42 Å². The van der Waals surface area contributed by atoms with Crippen LogP contribution in [0.15, 0.2) is 0 Å². The zero-order chi connectivity index (χ0) is 8.27. The van der Waals surface area contributed by atoms with Crippen molar-refractivity contribution in [3.63, 3.8) is 0 Å². The molecular formula is C8H17NOS. The molecule has 0 saturated carbocycles. The molecule has 0 bridgehead atoms. The van der Waals surface area contributed by atoms with Crippen molar-refractivity contribution < 1.29 is 5.11 Å². The van der Waals surface area contributed by atoms with E-state index < -0.39 is 0 Å². The average molecular weight is 175 g/mol. The number of nitrogens with zero attached hydrogens (tertiary/aromatic N) is 1. The lowest BCUT2D eigenvalue weighted by Crippen LogP contribution is -2.33. The minimum Gasteiger partial charge on any atom is -0.395 e. The second kappa shape index (κ2) is 4.33. The van der Waals surface area contributed by atoms with Crippen molar-refractivity contribution in [1.29, 1.82) is 0 Å². The number of rotatable bonds is 3. The number of likely N-dealkylation sites (tertiary alicyclic amines) is 1. The Morgan fingerprint density at radius 2 is 2.45 bits per heavy atom. The molecule has 1 aliphatic heterocycles. The van der Waals surface area contributed by atoms with Gasteiger partial charge in [0.25, 0.3) is 0 Å². The maximum atomic E-state index is 8.91. The fourth-order valence-corrected chi connectivity index (χ4v) is 2.14. The lowest BCUT2D eigenvalue weighted by molar-refractivity contribution is 0.159. The molecule has 0 radical (unpaired) electrons. The van der Waals surface area contributed by atoms with Crippen molar-refractivity contribution in [3.8, 4) is 0 Å². The second-order valence-electron chi connectivity index (χ2n) is 3.17. The van der Waals surface area contributed by atoms with Crippen molar-refractivity contribution >= 4 is 11.8 Å². The second-order valence-corrected chi connectivity index (χ2v) is 4.31. The standard InChI is InChI=1S/C8H17NOS/c1-7(6-10)9-4-3-8(5-9)11-2/h7-8,10H,3-6H2,1-2H3. The maximum absolute atomic E-state index is 8.91. The van der Waals surface area contributed by atoms with Crippen LogP contribution in [-0.2, 0) is 0 Å². The van der Waals surface area contributed by atoms with Gasteiger partial charge in [-0.3, -0.25) is 4.90 Å². The lowest BCUT2D eigenvalue weighted by atomic mass is 10.3.